The van der Waals surface area contributed by atoms with Crippen molar-refractivity contribution in [2.45, 2.75) is 39.7 Å². The fourth-order valence-corrected chi connectivity index (χ4v) is 3.60. The van der Waals surface area contributed by atoms with Crippen LogP contribution in [-0.4, -0.2) is 32.9 Å². The number of aliphatic hydroxyl groups excluding tert-OH is 1. The number of imidazole rings is 1. The van der Waals surface area contributed by atoms with Gasteiger partial charge in [0.15, 0.2) is 0 Å². The average Bonchev–Trinajstić information content (AvgIpc) is 3.50. The molecule has 3 aromatic rings. The van der Waals surface area contributed by atoms with E-state index in [1.54, 1.807) is 13.3 Å². The minimum Gasteiger partial charge on any atom is -0.389 e. The smallest absolute Gasteiger partial charge is 0.140 e. The molecule has 0 saturated heterocycles. The average molecular weight is 456 g/mol. The first kappa shape index (κ1) is 23.2. The summed E-state index contributed by atoms with van der Waals surface area (Å²) in [6, 6.07) is 12.0. The molecule has 8 nitrogen and oxygen atoms in total. The molecule has 2 aromatic heterocycles. The van der Waals surface area contributed by atoms with Crippen LogP contribution in [0.3, 0.4) is 0 Å². The lowest BCUT2D eigenvalue weighted by molar-refractivity contribution is 0.199. The summed E-state index contributed by atoms with van der Waals surface area (Å²) in [5, 5.41) is 26.2. The third kappa shape index (κ3) is 5.00. The van der Waals surface area contributed by atoms with Crippen molar-refractivity contribution in [2.75, 3.05) is 17.2 Å². The summed E-state index contributed by atoms with van der Waals surface area (Å²) in [4.78, 5) is 13.4. The molecule has 1 fully saturated rings. The molecule has 0 radical (unpaired) electrons. The number of allylic oxidation sites excluding steroid dienone is 3. The molecular weight excluding hydrogens is 426 g/mol. The van der Waals surface area contributed by atoms with E-state index in [2.05, 4.69) is 33.4 Å². The van der Waals surface area contributed by atoms with E-state index in [9.17, 15) is 10.4 Å². The lowest BCUT2D eigenvalue weighted by atomic mass is 10.1. The quantitative estimate of drug-likeness (QED) is 0.305. The van der Waals surface area contributed by atoms with Crippen LogP contribution in [0.25, 0.3) is 16.9 Å². The SMILES string of the molecule is C=N/C(=C\C=C(C)C)Nc1ccc2ncn(-c3ccc(C(C)O)c(NCC4(C#N)CC4)n3)c2c1. The molecule has 3 N–H and O–H groups in total. The number of aliphatic imine (C=N–C) groups is 1. The zero-order valence-electron chi connectivity index (χ0n) is 19.7. The van der Waals surface area contributed by atoms with Gasteiger partial charge in [-0.05, 0) is 76.7 Å². The number of anilines is 2. The summed E-state index contributed by atoms with van der Waals surface area (Å²) < 4.78 is 1.90. The number of pyridine rings is 1. The van der Waals surface area contributed by atoms with Gasteiger partial charge in [0.25, 0.3) is 0 Å². The first-order valence-electron chi connectivity index (χ1n) is 11.2. The number of rotatable bonds is 9. The Morgan fingerprint density at radius 1 is 1.32 bits per heavy atom. The summed E-state index contributed by atoms with van der Waals surface area (Å²) >= 11 is 0. The number of nitrogens with one attached hydrogen (secondary N) is 2. The molecule has 1 saturated carbocycles. The van der Waals surface area contributed by atoms with Crippen molar-refractivity contribution in [1.82, 2.24) is 14.5 Å². The third-order valence-electron chi connectivity index (χ3n) is 5.86. The number of hydrogen-bond acceptors (Lipinski definition) is 7. The number of fused-ring (bicyclic) bond motifs is 1. The Bertz CT molecular complexity index is 1320. The van der Waals surface area contributed by atoms with Gasteiger partial charge in [0.1, 0.15) is 23.8 Å². The van der Waals surface area contributed by atoms with Gasteiger partial charge in [-0.15, -0.1) is 0 Å². The largest absolute Gasteiger partial charge is 0.389 e. The Kier molecular flexibility index (Phi) is 6.48. The van der Waals surface area contributed by atoms with Crippen LogP contribution in [0.15, 0.2) is 65.2 Å². The molecule has 8 heteroatoms. The topological polar surface area (TPSA) is 111 Å². The second-order valence-corrected chi connectivity index (χ2v) is 8.93. The number of benzene rings is 1. The van der Waals surface area contributed by atoms with Crippen molar-refractivity contribution in [1.29, 1.82) is 5.26 Å². The van der Waals surface area contributed by atoms with E-state index in [4.69, 9.17) is 4.98 Å². The monoisotopic (exact) mass is 455 g/mol. The predicted octanol–water partition coefficient (Wildman–Crippen LogP) is 5.11. The van der Waals surface area contributed by atoms with Gasteiger partial charge in [0.05, 0.1) is 28.6 Å². The second-order valence-electron chi connectivity index (χ2n) is 8.93. The maximum atomic E-state index is 10.2. The van der Waals surface area contributed by atoms with Crippen LogP contribution < -0.4 is 10.6 Å². The molecule has 0 spiro atoms. The molecule has 1 unspecified atom stereocenters. The third-order valence-corrected chi connectivity index (χ3v) is 5.86. The van der Waals surface area contributed by atoms with E-state index in [1.165, 1.54) is 0 Å². The van der Waals surface area contributed by atoms with Gasteiger partial charge in [-0.2, -0.15) is 5.26 Å². The number of aliphatic hydroxyl groups is 1. The molecular formula is C26H29N7O. The van der Waals surface area contributed by atoms with Crippen LogP contribution in [0.4, 0.5) is 11.5 Å². The Balaban J connectivity index is 1.67. The standard InChI is InChI=1S/C26H29N7O/c1-17(2)5-9-23(28-4)31-19-6-8-21-22(13-19)33(16-30-21)24-10-7-20(18(3)34)25(32-24)29-15-26(14-27)11-12-26/h5-10,13,16,18,31,34H,4,11-12,15H2,1-3H3,(H,29,32)/b23-9+. The normalized spacial score (nSPS) is 15.3. The maximum absolute atomic E-state index is 10.2. The minimum atomic E-state index is -0.686. The summed E-state index contributed by atoms with van der Waals surface area (Å²) in [5.41, 5.74) is 4.06. The summed E-state index contributed by atoms with van der Waals surface area (Å²) in [5.74, 6) is 1.88. The molecule has 0 aliphatic heterocycles. The summed E-state index contributed by atoms with van der Waals surface area (Å²) in [7, 11) is 0. The van der Waals surface area contributed by atoms with Crippen molar-refractivity contribution in [2.24, 2.45) is 10.4 Å². The minimum absolute atomic E-state index is 0.328. The number of nitrogens with zero attached hydrogens (tertiary/aromatic N) is 5. The highest BCUT2D eigenvalue weighted by atomic mass is 16.3. The summed E-state index contributed by atoms with van der Waals surface area (Å²) in [6.07, 6.45) is 6.66. The molecule has 1 atom stereocenters. The van der Waals surface area contributed by atoms with Gasteiger partial charge >= 0.3 is 0 Å². The highest BCUT2D eigenvalue weighted by Crippen LogP contribution is 2.45. The van der Waals surface area contributed by atoms with Crippen LogP contribution >= 0.6 is 0 Å². The second kappa shape index (κ2) is 9.49. The van der Waals surface area contributed by atoms with Crippen LogP contribution in [0.5, 0.6) is 0 Å². The van der Waals surface area contributed by atoms with E-state index in [1.807, 2.05) is 60.9 Å². The zero-order chi connectivity index (χ0) is 24.3. The van der Waals surface area contributed by atoms with Crippen LogP contribution in [-0.2, 0) is 0 Å². The number of aromatic nitrogens is 3. The van der Waals surface area contributed by atoms with Crippen molar-refractivity contribution >= 4 is 29.3 Å². The van der Waals surface area contributed by atoms with Crippen molar-refractivity contribution in [3.8, 4) is 11.9 Å². The zero-order valence-corrected chi connectivity index (χ0v) is 19.7. The van der Waals surface area contributed by atoms with Gasteiger partial charge < -0.3 is 15.7 Å². The van der Waals surface area contributed by atoms with E-state index in [0.29, 0.717) is 29.6 Å². The Hall–Kier alpha value is -3.96. The molecule has 0 amide bonds. The van der Waals surface area contributed by atoms with Crippen molar-refractivity contribution in [3.05, 3.63) is 65.8 Å². The van der Waals surface area contributed by atoms with Crippen LogP contribution in [0.1, 0.15) is 45.3 Å². The molecule has 34 heavy (non-hydrogen) atoms. The van der Waals surface area contributed by atoms with Gasteiger partial charge in [-0.1, -0.05) is 11.6 Å². The predicted molar refractivity (Wildman–Crippen MR) is 136 cm³/mol. The lowest BCUT2D eigenvalue weighted by Gasteiger charge is -2.16. The maximum Gasteiger partial charge on any atom is 0.140 e. The van der Waals surface area contributed by atoms with Crippen LogP contribution in [0, 0.1) is 16.7 Å². The summed E-state index contributed by atoms with van der Waals surface area (Å²) in [6.45, 7) is 9.90. The fraction of sp³-hybridized carbons (Fsp3) is 0.308. The molecule has 1 aliphatic carbocycles. The van der Waals surface area contributed by atoms with Gasteiger partial charge in [0, 0.05) is 17.8 Å². The van der Waals surface area contributed by atoms with E-state index in [0.717, 1.165) is 35.1 Å². The Labute approximate surface area is 199 Å². The van der Waals surface area contributed by atoms with E-state index >= 15 is 0 Å². The van der Waals surface area contributed by atoms with E-state index in [-0.39, 0.29) is 5.41 Å². The Morgan fingerprint density at radius 2 is 2.12 bits per heavy atom. The first-order valence-corrected chi connectivity index (χ1v) is 11.2. The molecule has 174 valence electrons. The first-order chi connectivity index (χ1) is 16.3. The molecule has 2 heterocycles. The molecule has 0 bridgehead atoms. The number of hydrogen-bond donors (Lipinski definition) is 3. The van der Waals surface area contributed by atoms with E-state index < -0.39 is 6.10 Å². The highest BCUT2D eigenvalue weighted by Gasteiger charge is 2.43. The fourth-order valence-electron chi connectivity index (χ4n) is 3.60. The van der Waals surface area contributed by atoms with Gasteiger partial charge in [-0.3, -0.25) is 4.57 Å². The van der Waals surface area contributed by atoms with Crippen molar-refractivity contribution < 1.29 is 5.11 Å². The van der Waals surface area contributed by atoms with Crippen molar-refractivity contribution in [3.63, 3.8) is 0 Å². The van der Waals surface area contributed by atoms with Gasteiger partial charge in [-0.25, -0.2) is 15.0 Å². The molecule has 4 rings (SSSR count). The number of nitriles is 1. The van der Waals surface area contributed by atoms with Gasteiger partial charge in [0.2, 0.25) is 0 Å². The highest BCUT2D eigenvalue weighted by molar-refractivity contribution is 5.81. The van der Waals surface area contributed by atoms with Crippen LogP contribution in [0.2, 0.25) is 0 Å². The molecule has 1 aromatic carbocycles. The Morgan fingerprint density at radius 3 is 2.76 bits per heavy atom. The molecule has 1 aliphatic rings. The lowest BCUT2D eigenvalue weighted by Crippen LogP contribution is -2.16.